The summed E-state index contributed by atoms with van der Waals surface area (Å²) in [6.07, 6.45) is 0. The van der Waals surface area contributed by atoms with E-state index in [9.17, 15) is 0 Å². The van der Waals surface area contributed by atoms with Gasteiger partial charge in [0.2, 0.25) is 0 Å². The molecular weight excluding hydrogens is 314 g/mol. The lowest BCUT2D eigenvalue weighted by atomic mass is 10.3. The maximum atomic E-state index is 8.48. The molecule has 0 aliphatic carbocycles. The molecule has 108 valence electrons. The molecule has 1 N–H and O–H groups in total. The first-order chi connectivity index (χ1) is 9.15. The quantitative estimate of drug-likeness (QED) is 0.559. The van der Waals surface area contributed by atoms with Gasteiger partial charge in [-0.1, -0.05) is 34.8 Å². The van der Waals surface area contributed by atoms with Crippen LogP contribution in [0.4, 0.5) is 0 Å². The van der Waals surface area contributed by atoms with Gasteiger partial charge in [0, 0.05) is 6.07 Å². The summed E-state index contributed by atoms with van der Waals surface area (Å²) in [7, 11) is 0. The lowest BCUT2D eigenvalue weighted by Crippen LogP contribution is -2.12. The Morgan fingerprint density at radius 2 is 1.37 bits per heavy atom. The van der Waals surface area contributed by atoms with Crippen LogP contribution in [0.5, 0.6) is 5.75 Å². The minimum atomic E-state index is 0.0128. The Morgan fingerprint density at radius 3 is 2.05 bits per heavy atom. The van der Waals surface area contributed by atoms with E-state index in [-0.39, 0.29) is 6.61 Å². The average Bonchev–Trinajstić information content (AvgIpc) is 2.38. The molecule has 0 aromatic heterocycles. The number of benzene rings is 1. The number of hydrogen-bond donors (Lipinski definition) is 1. The van der Waals surface area contributed by atoms with Gasteiger partial charge in [0.15, 0.2) is 0 Å². The Morgan fingerprint density at radius 1 is 0.789 bits per heavy atom. The Labute approximate surface area is 127 Å². The lowest BCUT2D eigenvalue weighted by molar-refractivity contribution is 0.0247. The van der Waals surface area contributed by atoms with E-state index in [1.54, 1.807) is 6.07 Å². The Kier molecular flexibility index (Phi) is 8.53. The highest BCUT2D eigenvalue weighted by Gasteiger charge is 2.06. The summed E-state index contributed by atoms with van der Waals surface area (Å²) in [5.74, 6) is 0.469. The molecule has 4 nitrogen and oxygen atoms in total. The van der Waals surface area contributed by atoms with Crippen molar-refractivity contribution in [1.29, 1.82) is 0 Å². The molecule has 0 aliphatic rings. The fourth-order valence-electron chi connectivity index (χ4n) is 1.21. The standard InChI is InChI=1S/C12H15Cl3O4/c13-9-7-11(15)12(8-10(9)14)19-6-5-18-4-3-17-2-1-16/h7-8,16H,1-6H2. The van der Waals surface area contributed by atoms with Crippen LogP contribution in [0.2, 0.25) is 15.1 Å². The summed E-state index contributed by atoms with van der Waals surface area (Å²) in [4.78, 5) is 0. The minimum absolute atomic E-state index is 0.0128. The maximum absolute atomic E-state index is 8.48. The molecule has 0 saturated heterocycles. The molecule has 1 rings (SSSR count). The average molecular weight is 330 g/mol. The zero-order valence-corrected chi connectivity index (χ0v) is 12.5. The molecule has 0 radical (unpaired) electrons. The summed E-state index contributed by atoms with van der Waals surface area (Å²) in [6, 6.07) is 3.10. The number of halogens is 3. The lowest BCUT2D eigenvalue weighted by Gasteiger charge is -2.09. The Balaban J connectivity index is 2.17. The smallest absolute Gasteiger partial charge is 0.139 e. The largest absolute Gasteiger partial charge is 0.490 e. The molecule has 0 atom stereocenters. The first kappa shape index (κ1) is 16.8. The van der Waals surface area contributed by atoms with Crippen molar-refractivity contribution in [2.24, 2.45) is 0 Å². The van der Waals surface area contributed by atoms with Crippen LogP contribution in [0.3, 0.4) is 0 Å². The van der Waals surface area contributed by atoms with Crippen LogP contribution in [-0.4, -0.2) is 44.7 Å². The highest BCUT2D eigenvalue weighted by atomic mass is 35.5. The first-order valence-corrected chi connectivity index (χ1v) is 6.82. The van der Waals surface area contributed by atoms with Crippen LogP contribution in [0.1, 0.15) is 0 Å². The van der Waals surface area contributed by atoms with Crippen molar-refractivity contribution in [3.8, 4) is 5.75 Å². The third-order valence-corrected chi connectivity index (χ3v) is 3.09. The van der Waals surface area contributed by atoms with E-state index in [4.69, 9.17) is 54.1 Å². The van der Waals surface area contributed by atoms with Gasteiger partial charge in [-0.2, -0.15) is 0 Å². The topological polar surface area (TPSA) is 47.9 Å². The summed E-state index contributed by atoms with van der Waals surface area (Å²) in [6.45, 7) is 1.96. The van der Waals surface area contributed by atoms with Crippen molar-refractivity contribution in [3.63, 3.8) is 0 Å². The molecule has 0 spiro atoms. The van der Waals surface area contributed by atoms with Gasteiger partial charge in [0.1, 0.15) is 12.4 Å². The zero-order valence-electron chi connectivity index (χ0n) is 10.2. The fourth-order valence-corrected chi connectivity index (χ4v) is 1.80. The van der Waals surface area contributed by atoms with Gasteiger partial charge >= 0.3 is 0 Å². The minimum Gasteiger partial charge on any atom is -0.490 e. The second-order valence-electron chi connectivity index (χ2n) is 3.49. The van der Waals surface area contributed by atoms with Gasteiger partial charge in [0.25, 0.3) is 0 Å². The number of rotatable bonds is 9. The van der Waals surface area contributed by atoms with Crippen LogP contribution >= 0.6 is 34.8 Å². The Bertz CT molecular complexity index is 387. The molecule has 1 aromatic carbocycles. The summed E-state index contributed by atoms with van der Waals surface area (Å²) >= 11 is 17.6. The van der Waals surface area contributed by atoms with Crippen molar-refractivity contribution in [3.05, 3.63) is 27.2 Å². The molecular formula is C12H15Cl3O4. The summed E-state index contributed by atoms with van der Waals surface area (Å²) in [5.41, 5.74) is 0. The van der Waals surface area contributed by atoms with E-state index < -0.39 is 0 Å². The fraction of sp³-hybridized carbons (Fsp3) is 0.500. The Hall–Kier alpha value is -0.230. The molecule has 0 aliphatic heterocycles. The van der Waals surface area contributed by atoms with Gasteiger partial charge in [-0.25, -0.2) is 0 Å². The van der Waals surface area contributed by atoms with Crippen molar-refractivity contribution in [2.45, 2.75) is 0 Å². The predicted octanol–water partition coefficient (Wildman–Crippen LogP) is 3.05. The van der Waals surface area contributed by atoms with E-state index in [1.165, 1.54) is 6.07 Å². The molecule has 0 unspecified atom stereocenters. The number of aliphatic hydroxyl groups excluding tert-OH is 1. The normalized spacial score (nSPS) is 10.7. The highest BCUT2D eigenvalue weighted by molar-refractivity contribution is 6.43. The monoisotopic (exact) mass is 328 g/mol. The number of aliphatic hydroxyl groups is 1. The predicted molar refractivity (Wildman–Crippen MR) is 75.7 cm³/mol. The molecule has 0 heterocycles. The van der Waals surface area contributed by atoms with E-state index in [0.29, 0.717) is 53.9 Å². The van der Waals surface area contributed by atoms with Crippen LogP contribution in [0.15, 0.2) is 12.1 Å². The SMILES string of the molecule is OCCOCCOCCOc1cc(Cl)c(Cl)cc1Cl. The van der Waals surface area contributed by atoms with Crippen molar-refractivity contribution >= 4 is 34.8 Å². The van der Waals surface area contributed by atoms with Crippen LogP contribution in [-0.2, 0) is 9.47 Å². The first-order valence-electron chi connectivity index (χ1n) is 5.69. The summed E-state index contributed by atoms with van der Waals surface area (Å²) in [5, 5.41) is 9.66. The third kappa shape index (κ3) is 6.65. The van der Waals surface area contributed by atoms with Crippen molar-refractivity contribution in [2.75, 3.05) is 39.6 Å². The molecule has 0 saturated carbocycles. The zero-order chi connectivity index (χ0) is 14.1. The van der Waals surface area contributed by atoms with Gasteiger partial charge in [-0.15, -0.1) is 0 Å². The molecule has 1 aromatic rings. The third-order valence-electron chi connectivity index (χ3n) is 2.07. The molecule has 0 fully saturated rings. The van der Waals surface area contributed by atoms with E-state index in [2.05, 4.69) is 0 Å². The van der Waals surface area contributed by atoms with Crippen molar-refractivity contribution in [1.82, 2.24) is 0 Å². The highest BCUT2D eigenvalue weighted by Crippen LogP contribution is 2.33. The molecule has 0 bridgehead atoms. The van der Waals surface area contributed by atoms with Gasteiger partial charge in [-0.3, -0.25) is 0 Å². The van der Waals surface area contributed by atoms with Crippen molar-refractivity contribution < 1.29 is 19.3 Å². The molecule has 19 heavy (non-hydrogen) atoms. The van der Waals surface area contributed by atoms with Gasteiger partial charge < -0.3 is 19.3 Å². The van der Waals surface area contributed by atoms with E-state index in [0.717, 1.165) is 0 Å². The second kappa shape index (κ2) is 9.64. The second-order valence-corrected chi connectivity index (χ2v) is 4.72. The van der Waals surface area contributed by atoms with E-state index in [1.807, 2.05) is 0 Å². The number of ether oxygens (including phenoxy) is 3. The maximum Gasteiger partial charge on any atom is 0.139 e. The van der Waals surface area contributed by atoms with Crippen LogP contribution in [0.25, 0.3) is 0 Å². The van der Waals surface area contributed by atoms with Gasteiger partial charge in [-0.05, 0) is 6.07 Å². The molecule has 7 heteroatoms. The van der Waals surface area contributed by atoms with Crippen LogP contribution < -0.4 is 4.74 Å². The van der Waals surface area contributed by atoms with E-state index >= 15 is 0 Å². The van der Waals surface area contributed by atoms with Crippen LogP contribution in [0, 0.1) is 0 Å². The molecule has 0 amide bonds. The summed E-state index contributed by atoms with van der Waals surface area (Å²) < 4.78 is 15.7. The number of hydrogen-bond acceptors (Lipinski definition) is 4. The van der Waals surface area contributed by atoms with Gasteiger partial charge in [0.05, 0.1) is 48.1 Å².